The number of rotatable bonds is 9. The molecule has 2 aromatic carbocycles. The van der Waals surface area contributed by atoms with Gasteiger partial charge in [-0.25, -0.2) is 4.39 Å². The van der Waals surface area contributed by atoms with Crippen LogP contribution in [0.15, 0.2) is 47.5 Å². The van der Waals surface area contributed by atoms with E-state index in [9.17, 15) is 4.39 Å². The second kappa shape index (κ2) is 12.3. The summed E-state index contributed by atoms with van der Waals surface area (Å²) in [5.74, 6) is 1.90. The molecule has 1 atom stereocenters. The second-order valence-corrected chi connectivity index (χ2v) is 7.44. The highest BCUT2D eigenvalue weighted by atomic mass is 19.1. The molecule has 1 aliphatic heterocycles. The van der Waals surface area contributed by atoms with Crippen LogP contribution in [0.3, 0.4) is 0 Å². The number of methoxy groups -OCH3 is 1. The van der Waals surface area contributed by atoms with Gasteiger partial charge in [-0.1, -0.05) is 18.2 Å². The van der Waals surface area contributed by atoms with Crippen LogP contribution < -0.4 is 20.1 Å². The molecule has 0 aromatic heterocycles. The van der Waals surface area contributed by atoms with E-state index in [0.717, 1.165) is 30.0 Å². The van der Waals surface area contributed by atoms with E-state index in [-0.39, 0.29) is 11.9 Å². The van der Waals surface area contributed by atoms with Gasteiger partial charge in [0.15, 0.2) is 17.5 Å². The van der Waals surface area contributed by atoms with Gasteiger partial charge in [-0.05, 0) is 42.3 Å². The molecule has 2 aromatic rings. The first-order valence-electron chi connectivity index (χ1n) is 11.0. The third kappa shape index (κ3) is 6.58. The van der Waals surface area contributed by atoms with E-state index >= 15 is 0 Å². The second-order valence-electron chi connectivity index (χ2n) is 7.44. The Balaban J connectivity index is 1.62. The highest BCUT2D eigenvalue weighted by molar-refractivity contribution is 5.79. The van der Waals surface area contributed by atoms with Crippen LogP contribution in [-0.4, -0.2) is 64.5 Å². The maximum atomic E-state index is 13.4. The van der Waals surface area contributed by atoms with E-state index in [2.05, 4.69) is 20.5 Å². The number of aliphatic imine (C=N–C) groups is 1. The number of hydrogen-bond donors (Lipinski definition) is 2. The summed E-state index contributed by atoms with van der Waals surface area (Å²) in [5.41, 5.74) is 2.11. The summed E-state index contributed by atoms with van der Waals surface area (Å²) >= 11 is 0. The summed E-state index contributed by atoms with van der Waals surface area (Å²) in [6, 6.07) is 12.7. The number of morpholine rings is 1. The summed E-state index contributed by atoms with van der Waals surface area (Å²) in [7, 11) is 3.38. The van der Waals surface area contributed by atoms with Gasteiger partial charge in [0.1, 0.15) is 5.82 Å². The number of ether oxygens (including phenoxy) is 3. The molecule has 7 nitrogen and oxygen atoms in total. The molecule has 0 spiro atoms. The van der Waals surface area contributed by atoms with Gasteiger partial charge in [0.05, 0.1) is 33.0 Å². The highest BCUT2D eigenvalue weighted by Crippen LogP contribution is 2.28. The maximum Gasteiger partial charge on any atom is 0.191 e. The van der Waals surface area contributed by atoms with Gasteiger partial charge in [-0.3, -0.25) is 9.89 Å². The number of guanidine groups is 1. The minimum Gasteiger partial charge on any atom is -0.493 e. The van der Waals surface area contributed by atoms with E-state index in [1.165, 1.54) is 12.1 Å². The zero-order valence-electron chi connectivity index (χ0n) is 19.1. The monoisotopic (exact) mass is 444 g/mol. The third-order valence-corrected chi connectivity index (χ3v) is 5.42. The molecule has 1 fully saturated rings. The molecule has 1 saturated heterocycles. The van der Waals surface area contributed by atoms with Crippen molar-refractivity contribution in [2.75, 3.05) is 53.6 Å². The molecule has 0 radical (unpaired) electrons. The normalized spacial score (nSPS) is 15.8. The molecular weight excluding hydrogens is 411 g/mol. The van der Waals surface area contributed by atoms with Crippen molar-refractivity contribution in [1.29, 1.82) is 0 Å². The lowest BCUT2D eigenvalue weighted by Gasteiger charge is -2.35. The van der Waals surface area contributed by atoms with Gasteiger partial charge in [-0.15, -0.1) is 0 Å². The van der Waals surface area contributed by atoms with Crippen molar-refractivity contribution < 1.29 is 18.6 Å². The average Bonchev–Trinajstić information content (AvgIpc) is 2.83. The number of nitrogens with zero attached hydrogens (tertiary/aromatic N) is 2. The lowest BCUT2D eigenvalue weighted by Crippen LogP contribution is -2.46. The van der Waals surface area contributed by atoms with Crippen molar-refractivity contribution in [1.82, 2.24) is 15.5 Å². The van der Waals surface area contributed by atoms with Crippen molar-refractivity contribution in [3.8, 4) is 11.5 Å². The molecule has 0 saturated carbocycles. The molecule has 0 amide bonds. The van der Waals surface area contributed by atoms with Crippen LogP contribution in [0.25, 0.3) is 0 Å². The summed E-state index contributed by atoms with van der Waals surface area (Å²) in [6.07, 6.45) is 0. The Hall–Kier alpha value is -2.84. The van der Waals surface area contributed by atoms with Crippen LogP contribution in [0.5, 0.6) is 11.5 Å². The maximum absolute atomic E-state index is 13.4. The number of nitrogens with one attached hydrogen (secondary N) is 2. The Bertz CT molecular complexity index is 870. The SMILES string of the molecule is CCOc1ccc(CNC(=NC)NCC(c2ccc(F)cc2)N2CCOCC2)cc1OC. The van der Waals surface area contributed by atoms with Crippen LogP contribution in [0, 0.1) is 5.82 Å². The fourth-order valence-electron chi connectivity index (χ4n) is 3.73. The van der Waals surface area contributed by atoms with Crippen LogP contribution in [0.4, 0.5) is 4.39 Å². The molecule has 0 aliphatic carbocycles. The minimum atomic E-state index is -0.231. The molecule has 32 heavy (non-hydrogen) atoms. The van der Waals surface area contributed by atoms with E-state index in [1.54, 1.807) is 14.2 Å². The highest BCUT2D eigenvalue weighted by Gasteiger charge is 2.23. The lowest BCUT2D eigenvalue weighted by molar-refractivity contribution is 0.0170. The summed E-state index contributed by atoms with van der Waals surface area (Å²) in [5, 5.41) is 6.76. The van der Waals surface area contributed by atoms with E-state index < -0.39 is 0 Å². The molecule has 0 bridgehead atoms. The standard InChI is InChI=1S/C24H33FN4O3/c1-4-32-22-10-5-18(15-23(22)30-3)16-27-24(26-2)28-17-21(29-11-13-31-14-12-29)19-6-8-20(25)9-7-19/h5-10,15,21H,4,11-14,16-17H2,1-3H3,(H2,26,27,28). The molecule has 8 heteroatoms. The van der Waals surface area contributed by atoms with Crippen molar-refractivity contribution in [3.05, 3.63) is 59.4 Å². The zero-order chi connectivity index (χ0) is 22.8. The quantitative estimate of drug-likeness (QED) is 0.458. The molecule has 1 aliphatic rings. The Kier molecular flexibility index (Phi) is 9.13. The largest absolute Gasteiger partial charge is 0.493 e. The number of hydrogen-bond acceptors (Lipinski definition) is 5. The van der Waals surface area contributed by atoms with Crippen molar-refractivity contribution in [3.63, 3.8) is 0 Å². The average molecular weight is 445 g/mol. The third-order valence-electron chi connectivity index (χ3n) is 5.42. The van der Waals surface area contributed by atoms with E-state index in [1.807, 2.05) is 37.3 Å². The first kappa shape index (κ1) is 23.8. The fourth-order valence-corrected chi connectivity index (χ4v) is 3.73. The van der Waals surface area contributed by atoms with Gasteiger partial charge in [0, 0.05) is 33.2 Å². The molecule has 1 heterocycles. The Morgan fingerprint density at radius 1 is 1.12 bits per heavy atom. The van der Waals surface area contributed by atoms with Crippen LogP contribution in [-0.2, 0) is 11.3 Å². The minimum absolute atomic E-state index is 0.0867. The van der Waals surface area contributed by atoms with Gasteiger partial charge in [0.25, 0.3) is 0 Å². The van der Waals surface area contributed by atoms with Crippen LogP contribution in [0.2, 0.25) is 0 Å². The zero-order valence-corrected chi connectivity index (χ0v) is 19.1. The van der Waals surface area contributed by atoms with Crippen molar-refractivity contribution in [2.45, 2.75) is 19.5 Å². The lowest BCUT2D eigenvalue weighted by atomic mass is 10.0. The predicted octanol–water partition coefficient (Wildman–Crippen LogP) is 2.97. The topological polar surface area (TPSA) is 67.4 Å². The predicted molar refractivity (Wildman–Crippen MR) is 124 cm³/mol. The van der Waals surface area contributed by atoms with E-state index in [0.29, 0.717) is 44.6 Å². The van der Waals surface area contributed by atoms with Crippen molar-refractivity contribution >= 4 is 5.96 Å². The molecule has 174 valence electrons. The number of benzene rings is 2. The number of halogens is 1. The van der Waals surface area contributed by atoms with E-state index in [4.69, 9.17) is 14.2 Å². The van der Waals surface area contributed by atoms with Crippen LogP contribution in [0.1, 0.15) is 24.1 Å². The summed E-state index contributed by atoms with van der Waals surface area (Å²) < 4.78 is 30.0. The Morgan fingerprint density at radius 2 is 1.88 bits per heavy atom. The molecule has 3 rings (SSSR count). The van der Waals surface area contributed by atoms with Gasteiger partial charge in [-0.2, -0.15) is 0 Å². The fraction of sp³-hybridized carbons (Fsp3) is 0.458. The molecular formula is C24H33FN4O3. The summed E-state index contributed by atoms with van der Waals surface area (Å²) in [4.78, 5) is 6.71. The first-order chi connectivity index (χ1) is 15.6. The molecule has 2 N–H and O–H groups in total. The Morgan fingerprint density at radius 3 is 2.53 bits per heavy atom. The van der Waals surface area contributed by atoms with Gasteiger partial charge in [0.2, 0.25) is 0 Å². The van der Waals surface area contributed by atoms with Gasteiger partial charge < -0.3 is 24.8 Å². The van der Waals surface area contributed by atoms with Crippen LogP contribution >= 0.6 is 0 Å². The smallest absolute Gasteiger partial charge is 0.191 e. The first-order valence-corrected chi connectivity index (χ1v) is 11.0. The molecule has 1 unspecified atom stereocenters. The van der Waals surface area contributed by atoms with Gasteiger partial charge >= 0.3 is 0 Å². The van der Waals surface area contributed by atoms with Crippen molar-refractivity contribution in [2.24, 2.45) is 4.99 Å². The summed E-state index contributed by atoms with van der Waals surface area (Å²) in [6.45, 7) is 6.82. The Labute approximate surface area is 189 Å².